The van der Waals surface area contributed by atoms with Gasteiger partial charge in [-0.3, -0.25) is 4.79 Å². The standard InChI is InChI=1S/C11H15NO2S/c1-3-4-5-8-6-9-11(15-8)14-7-10(13)12(9)2/h6H,3-5,7H2,1-2H3. The lowest BCUT2D eigenvalue weighted by atomic mass is 10.2. The molecule has 1 aliphatic rings. The Balaban J connectivity index is 2.19. The molecule has 0 unspecified atom stereocenters. The molecule has 0 N–H and O–H groups in total. The number of amides is 1. The summed E-state index contributed by atoms with van der Waals surface area (Å²) in [4.78, 5) is 14.4. The Hall–Kier alpha value is -1.03. The van der Waals surface area contributed by atoms with E-state index in [1.165, 1.54) is 17.7 Å². The molecule has 4 heteroatoms. The maximum atomic E-state index is 11.4. The van der Waals surface area contributed by atoms with Gasteiger partial charge >= 0.3 is 0 Å². The third kappa shape index (κ3) is 2.00. The first-order valence-electron chi connectivity index (χ1n) is 5.24. The fraction of sp³-hybridized carbons (Fsp3) is 0.545. The van der Waals surface area contributed by atoms with E-state index in [4.69, 9.17) is 4.74 Å². The van der Waals surface area contributed by atoms with E-state index in [0.29, 0.717) is 0 Å². The lowest BCUT2D eigenvalue weighted by Gasteiger charge is -2.22. The van der Waals surface area contributed by atoms with Crippen LogP contribution in [0.25, 0.3) is 0 Å². The lowest BCUT2D eigenvalue weighted by Crippen LogP contribution is -2.34. The molecule has 0 saturated carbocycles. The Labute approximate surface area is 93.7 Å². The van der Waals surface area contributed by atoms with Crippen LogP contribution in [0.3, 0.4) is 0 Å². The average Bonchev–Trinajstić information content (AvgIpc) is 2.64. The second-order valence-electron chi connectivity index (χ2n) is 3.73. The molecule has 3 nitrogen and oxygen atoms in total. The van der Waals surface area contributed by atoms with Gasteiger partial charge in [0.1, 0.15) is 0 Å². The Morgan fingerprint density at radius 2 is 2.40 bits per heavy atom. The summed E-state index contributed by atoms with van der Waals surface area (Å²) in [5.74, 6) is 0.0299. The molecule has 0 aliphatic carbocycles. The van der Waals surface area contributed by atoms with E-state index < -0.39 is 0 Å². The number of hydrogen-bond acceptors (Lipinski definition) is 3. The normalized spacial score (nSPS) is 15.1. The average molecular weight is 225 g/mol. The van der Waals surface area contributed by atoms with Gasteiger partial charge in [0.2, 0.25) is 0 Å². The number of ether oxygens (including phenoxy) is 1. The molecule has 0 radical (unpaired) electrons. The molecule has 15 heavy (non-hydrogen) atoms. The molecule has 0 bridgehead atoms. The summed E-state index contributed by atoms with van der Waals surface area (Å²) in [6, 6.07) is 2.08. The van der Waals surface area contributed by atoms with Crippen LogP contribution in [-0.4, -0.2) is 19.6 Å². The zero-order valence-electron chi connectivity index (χ0n) is 9.08. The quantitative estimate of drug-likeness (QED) is 0.790. The number of likely N-dealkylation sites (N-methyl/N-ethyl adjacent to an activating group) is 1. The fourth-order valence-electron chi connectivity index (χ4n) is 1.58. The van der Waals surface area contributed by atoms with Crippen LogP contribution in [0.2, 0.25) is 0 Å². The minimum Gasteiger partial charge on any atom is -0.472 e. The molecule has 1 aromatic rings. The number of anilines is 1. The predicted octanol–water partition coefficient (Wildman–Crippen LogP) is 2.45. The van der Waals surface area contributed by atoms with Gasteiger partial charge in [0.05, 0.1) is 5.69 Å². The molecule has 0 saturated heterocycles. The van der Waals surface area contributed by atoms with Gasteiger partial charge in [0.15, 0.2) is 11.7 Å². The van der Waals surface area contributed by atoms with Crippen LogP contribution in [0.1, 0.15) is 24.6 Å². The first-order chi connectivity index (χ1) is 7.22. The number of carbonyl (C=O) groups is 1. The largest absolute Gasteiger partial charge is 0.472 e. The van der Waals surface area contributed by atoms with Gasteiger partial charge in [0, 0.05) is 11.9 Å². The van der Waals surface area contributed by atoms with Crippen molar-refractivity contribution >= 4 is 22.9 Å². The molecular formula is C11H15NO2S. The Bertz CT molecular complexity index is 373. The molecule has 0 fully saturated rings. The summed E-state index contributed by atoms with van der Waals surface area (Å²) >= 11 is 1.66. The SMILES string of the molecule is CCCCc1cc2c(s1)OCC(=O)N2C. The second kappa shape index (κ2) is 4.23. The van der Waals surface area contributed by atoms with Crippen LogP contribution in [0.15, 0.2) is 6.07 Å². The van der Waals surface area contributed by atoms with Crippen LogP contribution in [0.5, 0.6) is 5.06 Å². The number of unbranched alkanes of at least 4 members (excludes halogenated alkanes) is 1. The number of hydrogen-bond donors (Lipinski definition) is 0. The van der Waals surface area contributed by atoms with E-state index in [1.807, 2.05) is 0 Å². The van der Waals surface area contributed by atoms with Crippen LogP contribution >= 0.6 is 11.3 Å². The smallest absolute Gasteiger partial charge is 0.264 e. The zero-order chi connectivity index (χ0) is 10.8. The summed E-state index contributed by atoms with van der Waals surface area (Å²) in [7, 11) is 1.81. The van der Waals surface area contributed by atoms with Crippen molar-refractivity contribution in [3.63, 3.8) is 0 Å². The van der Waals surface area contributed by atoms with E-state index in [-0.39, 0.29) is 12.5 Å². The van der Waals surface area contributed by atoms with Gasteiger partial charge in [-0.2, -0.15) is 0 Å². The number of aryl methyl sites for hydroxylation is 1. The minimum atomic E-state index is 0.0299. The van der Waals surface area contributed by atoms with Gasteiger partial charge in [-0.15, -0.1) is 11.3 Å². The van der Waals surface area contributed by atoms with Crippen LogP contribution in [-0.2, 0) is 11.2 Å². The molecule has 1 aromatic heterocycles. The monoisotopic (exact) mass is 225 g/mol. The summed E-state index contributed by atoms with van der Waals surface area (Å²) in [5, 5.41) is 0.892. The topological polar surface area (TPSA) is 29.5 Å². The number of rotatable bonds is 3. The van der Waals surface area contributed by atoms with Crippen LogP contribution < -0.4 is 9.64 Å². The van der Waals surface area contributed by atoms with Crippen molar-refractivity contribution in [3.8, 4) is 5.06 Å². The summed E-state index contributed by atoms with van der Waals surface area (Å²) in [6.07, 6.45) is 3.47. The number of nitrogens with zero attached hydrogens (tertiary/aromatic N) is 1. The maximum Gasteiger partial charge on any atom is 0.264 e. The fourth-order valence-corrected chi connectivity index (χ4v) is 2.66. The second-order valence-corrected chi connectivity index (χ2v) is 4.83. The highest BCUT2D eigenvalue weighted by Crippen LogP contribution is 2.40. The van der Waals surface area contributed by atoms with E-state index in [0.717, 1.165) is 17.2 Å². The molecule has 82 valence electrons. The summed E-state index contributed by atoms with van der Waals surface area (Å²) in [5.41, 5.74) is 0.933. The molecule has 0 atom stereocenters. The molecular weight excluding hydrogens is 210 g/mol. The number of thiophene rings is 1. The third-order valence-electron chi connectivity index (χ3n) is 2.57. The third-order valence-corrected chi connectivity index (χ3v) is 3.67. The van der Waals surface area contributed by atoms with Crippen molar-refractivity contribution in [2.75, 3.05) is 18.6 Å². The maximum absolute atomic E-state index is 11.4. The van der Waals surface area contributed by atoms with Gasteiger partial charge in [0.25, 0.3) is 5.91 Å². The summed E-state index contributed by atoms with van der Waals surface area (Å²) < 4.78 is 5.39. The zero-order valence-corrected chi connectivity index (χ0v) is 9.89. The molecule has 2 rings (SSSR count). The predicted molar refractivity (Wildman–Crippen MR) is 61.8 cm³/mol. The molecule has 2 heterocycles. The van der Waals surface area contributed by atoms with Crippen molar-refractivity contribution in [1.29, 1.82) is 0 Å². The molecule has 1 amide bonds. The highest BCUT2D eigenvalue weighted by atomic mass is 32.1. The number of fused-ring (bicyclic) bond motifs is 1. The van der Waals surface area contributed by atoms with Crippen LogP contribution in [0.4, 0.5) is 5.69 Å². The Morgan fingerprint density at radius 3 is 3.13 bits per heavy atom. The van der Waals surface area contributed by atoms with Gasteiger partial charge in [-0.1, -0.05) is 13.3 Å². The van der Waals surface area contributed by atoms with Gasteiger partial charge in [-0.25, -0.2) is 0 Å². The van der Waals surface area contributed by atoms with Crippen molar-refractivity contribution in [1.82, 2.24) is 0 Å². The van der Waals surface area contributed by atoms with Crippen LogP contribution in [0, 0.1) is 0 Å². The lowest BCUT2D eigenvalue weighted by molar-refractivity contribution is -0.120. The first-order valence-corrected chi connectivity index (χ1v) is 6.06. The van der Waals surface area contributed by atoms with Crippen molar-refractivity contribution in [2.24, 2.45) is 0 Å². The van der Waals surface area contributed by atoms with E-state index in [1.54, 1.807) is 23.3 Å². The number of carbonyl (C=O) groups excluding carboxylic acids is 1. The molecule has 1 aliphatic heterocycles. The van der Waals surface area contributed by atoms with E-state index >= 15 is 0 Å². The molecule has 0 spiro atoms. The minimum absolute atomic E-state index is 0.0299. The Kier molecular flexibility index (Phi) is 2.95. The summed E-state index contributed by atoms with van der Waals surface area (Å²) in [6.45, 7) is 2.36. The Morgan fingerprint density at radius 1 is 1.60 bits per heavy atom. The van der Waals surface area contributed by atoms with Crippen molar-refractivity contribution in [3.05, 3.63) is 10.9 Å². The van der Waals surface area contributed by atoms with Crippen molar-refractivity contribution in [2.45, 2.75) is 26.2 Å². The van der Waals surface area contributed by atoms with Gasteiger partial charge < -0.3 is 9.64 Å². The first kappa shape index (κ1) is 10.5. The highest BCUT2D eigenvalue weighted by Gasteiger charge is 2.24. The highest BCUT2D eigenvalue weighted by molar-refractivity contribution is 7.14. The van der Waals surface area contributed by atoms with E-state index in [9.17, 15) is 4.79 Å². The van der Waals surface area contributed by atoms with E-state index in [2.05, 4.69) is 13.0 Å². The molecule has 0 aromatic carbocycles. The van der Waals surface area contributed by atoms with Crippen molar-refractivity contribution < 1.29 is 9.53 Å². The van der Waals surface area contributed by atoms with Gasteiger partial charge in [-0.05, 0) is 18.9 Å².